The van der Waals surface area contributed by atoms with Crippen molar-refractivity contribution in [2.24, 2.45) is 0 Å². The Hall–Kier alpha value is -0.960. The fourth-order valence-corrected chi connectivity index (χ4v) is 11.4. The predicted molar refractivity (Wildman–Crippen MR) is 217 cm³/mol. The highest BCUT2D eigenvalue weighted by Crippen LogP contribution is 2.44. The molecule has 0 fully saturated rings. The van der Waals surface area contributed by atoms with E-state index in [9.17, 15) is 47.3 Å². The van der Waals surface area contributed by atoms with Gasteiger partial charge in [-0.15, -0.1) is 0 Å². The number of benzene rings is 2. The standard InChI is InChI=1S/C36H56Br2O12S4/c1-2-3-4-5-6-7-8-9-10-11-12-13-14-15-16-17-18-19-20-21-22-23-24-50-54(48,49)34-28-30(38)27-33(53(45,46)47)36(34)35-31(51(39,40)41)25-29(37)26-32(35)52(42,43)44/h25-28H,2-24H2,1H3,(H,39,40,41)(H,42,43,44)(H,45,46,47). The summed E-state index contributed by atoms with van der Waals surface area (Å²) in [5, 5.41) is 0. The van der Waals surface area contributed by atoms with Crippen molar-refractivity contribution in [1.82, 2.24) is 0 Å². The predicted octanol–water partition coefficient (Wildman–Crippen LogP) is 10.9. The molecule has 12 nitrogen and oxygen atoms in total. The molecule has 0 saturated heterocycles. The SMILES string of the molecule is CCCCCCCCCCCCCCCCCCCCCCCCOS(=O)(=O)c1cc(Br)cc(S(=O)(=O)O)c1-c1c(S(=O)(=O)O)cc(Br)cc1S(=O)(=O)O. The first-order chi connectivity index (χ1) is 25.3. The molecule has 0 radical (unpaired) electrons. The Labute approximate surface area is 340 Å². The lowest BCUT2D eigenvalue weighted by Crippen LogP contribution is -2.15. The van der Waals surface area contributed by atoms with Gasteiger partial charge in [0.15, 0.2) is 0 Å². The number of hydrogen-bond donors (Lipinski definition) is 3. The van der Waals surface area contributed by atoms with Crippen LogP contribution in [0.5, 0.6) is 0 Å². The van der Waals surface area contributed by atoms with Crippen molar-refractivity contribution < 1.29 is 51.5 Å². The maximum atomic E-state index is 13.5. The molecule has 0 bridgehead atoms. The molecule has 0 saturated carbocycles. The molecule has 0 aliphatic heterocycles. The zero-order chi connectivity index (χ0) is 40.4. The third kappa shape index (κ3) is 17.7. The second-order valence-corrected chi connectivity index (χ2v) is 21.3. The van der Waals surface area contributed by atoms with Crippen molar-refractivity contribution in [3.8, 4) is 11.1 Å². The van der Waals surface area contributed by atoms with Gasteiger partial charge in [0, 0.05) is 20.1 Å². The molecule has 2 aromatic carbocycles. The summed E-state index contributed by atoms with van der Waals surface area (Å²) in [5.41, 5.74) is -2.36. The first kappa shape index (κ1) is 49.2. The minimum absolute atomic E-state index is 0.218. The van der Waals surface area contributed by atoms with Gasteiger partial charge in [-0.2, -0.15) is 33.7 Å². The monoisotopic (exact) mass is 966 g/mol. The van der Waals surface area contributed by atoms with Crippen LogP contribution in [0, 0.1) is 0 Å². The summed E-state index contributed by atoms with van der Waals surface area (Å²) in [6.45, 7) is 1.91. The van der Waals surface area contributed by atoms with E-state index in [0.717, 1.165) is 31.7 Å². The van der Waals surface area contributed by atoms with Crippen molar-refractivity contribution in [3.05, 3.63) is 33.2 Å². The molecule has 0 aliphatic rings. The molecule has 0 atom stereocenters. The van der Waals surface area contributed by atoms with E-state index in [1.807, 2.05) is 0 Å². The minimum atomic E-state index is -5.40. The second-order valence-electron chi connectivity index (χ2n) is 13.7. The molecule has 2 aromatic rings. The van der Waals surface area contributed by atoms with E-state index >= 15 is 0 Å². The van der Waals surface area contributed by atoms with Crippen molar-refractivity contribution in [3.63, 3.8) is 0 Å². The fraction of sp³-hybridized carbons (Fsp3) is 0.667. The van der Waals surface area contributed by atoms with Gasteiger partial charge in [0.05, 0.1) is 6.61 Å². The normalized spacial score (nSPS) is 12.8. The van der Waals surface area contributed by atoms with Crippen LogP contribution in [0.2, 0.25) is 0 Å². The van der Waals surface area contributed by atoms with Gasteiger partial charge in [-0.25, -0.2) is 0 Å². The average Bonchev–Trinajstić information content (AvgIpc) is 3.07. The van der Waals surface area contributed by atoms with Gasteiger partial charge in [-0.3, -0.25) is 17.8 Å². The van der Waals surface area contributed by atoms with Crippen LogP contribution < -0.4 is 0 Å². The molecule has 0 amide bonds. The summed E-state index contributed by atoms with van der Waals surface area (Å²) in [5.74, 6) is 0. The Morgan fingerprint density at radius 1 is 0.426 bits per heavy atom. The maximum absolute atomic E-state index is 13.5. The van der Waals surface area contributed by atoms with E-state index in [1.54, 1.807) is 0 Å². The van der Waals surface area contributed by atoms with Crippen LogP contribution in [-0.2, 0) is 44.7 Å². The van der Waals surface area contributed by atoms with Crippen LogP contribution in [0.1, 0.15) is 148 Å². The molecule has 0 unspecified atom stereocenters. The molecule has 2 rings (SSSR count). The van der Waals surface area contributed by atoms with Gasteiger partial charge in [0.25, 0.3) is 40.5 Å². The van der Waals surface area contributed by atoms with Crippen LogP contribution in [0.25, 0.3) is 11.1 Å². The van der Waals surface area contributed by atoms with Gasteiger partial charge in [0.2, 0.25) is 0 Å². The molecule has 310 valence electrons. The van der Waals surface area contributed by atoms with Gasteiger partial charge < -0.3 is 0 Å². The quantitative estimate of drug-likeness (QED) is 0.0395. The van der Waals surface area contributed by atoms with Crippen molar-refractivity contribution in [2.75, 3.05) is 6.61 Å². The Bertz CT molecular complexity index is 1860. The largest absolute Gasteiger partial charge is 0.297 e. The lowest BCUT2D eigenvalue weighted by Gasteiger charge is -2.19. The second kappa shape index (κ2) is 24.1. The van der Waals surface area contributed by atoms with E-state index in [4.69, 9.17) is 4.18 Å². The first-order valence-corrected chi connectivity index (χ1v) is 26.1. The van der Waals surface area contributed by atoms with E-state index in [0.29, 0.717) is 31.0 Å². The number of unbranched alkanes of at least 4 members (excludes halogenated alkanes) is 21. The summed E-state index contributed by atoms with van der Waals surface area (Å²) in [4.78, 5) is -4.82. The summed E-state index contributed by atoms with van der Waals surface area (Å²) >= 11 is 5.82. The van der Waals surface area contributed by atoms with Gasteiger partial charge in [0.1, 0.15) is 19.6 Å². The van der Waals surface area contributed by atoms with Gasteiger partial charge in [-0.05, 0) is 30.7 Å². The van der Waals surface area contributed by atoms with Crippen LogP contribution in [0.15, 0.2) is 52.8 Å². The minimum Gasteiger partial charge on any atom is -0.282 e. The van der Waals surface area contributed by atoms with E-state index < -0.39 is 71.2 Å². The van der Waals surface area contributed by atoms with Crippen LogP contribution >= 0.6 is 31.9 Å². The molecule has 18 heteroatoms. The lowest BCUT2D eigenvalue weighted by atomic mass is 10.0. The highest BCUT2D eigenvalue weighted by atomic mass is 79.9. The molecular formula is C36H56Br2O12S4. The Morgan fingerprint density at radius 2 is 0.667 bits per heavy atom. The lowest BCUT2D eigenvalue weighted by molar-refractivity contribution is 0.306. The summed E-state index contributed by atoms with van der Waals surface area (Å²) in [7, 11) is -21.2. The van der Waals surface area contributed by atoms with Crippen molar-refractivity contribution >= 4 is 72.3 Å². The van der Waals surface area contributed by atoms with Gasteiger partial charge >= 0.3 is 0 Å². The highest BCUT2D eigenvalue weighted by Gasteiger charge is 2.36. The first-order valence-electron chi connectivity index (χ1n) is 18.8. The number of hydrogen-bond acceptors (Lipinski definition) is 9. The molecule has 0 spiro atoms. The van der Waals surface area contributed by atoms with Crippen LogP contribution in [0.3, 0.4) is 0 Å². The van der Waals surface area contributed by atoms with Crippen LogP contribution in [0.4, 0.5) is 0 Å². The van der Waals surface area contributed by atoms with Crippen LogP contribution in [-0.4, -0.2) is 53.9 Å². The number of halogens is 2. The molecular weight excluding hydrogens is 912 g/mol. The number of rotatable bonds is 29. The van der Waals surface area contributed by atoms with E-state index in [1.165, 1.54) is 103 Å². The summed E-state index contributed by atoms with van der Waals surface area (Å²) in [6.07, 6.45) is 26.1. The molecule has 0 heterocycles. The highest BCUT2D eigenvalue weighted by molar-refractivity contribution is 9.10. The summed E-state index contributed by atoms with van der Waals surface area (Å²) < 4.78 is 136. The topological polar surface area (TPSA) is 206 Å². The van der Waals surface area contributed by atoms with E-state index in [2.05, 4.69) is 38.8 Å². The van der Waals surface area contributed by atoms with Crippen molar-refractivity contribution in [2.45, 2.75) is 168 Å². The van der Waals surface area contributed by atoms with Crippen molar-refractivity contribution in [1.29, 1.82) is 0 Å². The Morgan fingerprint density at radius 3 is 0.944 bits per heavy atom. The van der Waals surface area contributed by atoms with Gasteiger partial charge in [-0.1, -0.05) is 174 Å². The Kier molecular flexibility index (Phi) is 21.9. The molecule has 0 aliphatic carbocycles. The zero-order valence-corrected chi connectivity index (χ0v) is 37.4. The molecule has 54 heavy (non-hydrogen) atoms. The third-order valence-electron chi connectivity index (χ3n) is 9.15. The summed E-state index contributed by atoms with van der Waals surface area (Å²) in [6, 6.07) is 2.87. The Balaban J connectivity index is 1.87. The zero-order valence-electron chi connectivity index (χ0n) is 31.0. The smallest absolute Gasteiger partial charge is 0.282 e. The fourth-order valence-electron chi connectivity index (χ4n) is 6.36. The van der Waals surface area contributed by atoms with E-state index in [-0.39, 0.29) is 15.6 Å². The average molecular weight is 969 g/mol. The molecule has 3 N–H and O–H groups in total. The molecule has 0 aromatic heterocycles. The third-order valence-corrected chi connectivity index (χ3v) is 14.0. The maximum Gasteiger partial charge on any atom is 0.297 e.